The molecular weight excluding hydrogens is 473 g/mol. The number of likely N-dealkylation sites (N-methyl/N-ethyl adjacent to an activating group) is 1. The van der Waals surface area contributed by atoms with Gasteiger partial charge >= 0.3 is 5.97 Å². The lowest BCUT2D eigenvalue weighted by Gasteiger charge is -2.32. The van der Waals surface area contributed by atoms with Crippen LogP contribution in [0.3, 0.4) is 0 Å². The minimum absolute atomic E-state index is 0.134. The van der Waals surface area contributed by atoms with E-state index in [4.69, 9.17) is 32.7 Å². The highest BCUT2D eigenvalue weighted by atomic mass is 35.5. The fraction of sp³-hybridized carbons (Fsp3) is 0.519. The zero-order valence-corrected chi connectivity index (χ0v) is 21.9. The van der Waals surface area contributed by atoms with Crippen LogP contribution in [-0.4, -0.2) is 62.1 Å². The number of hydrogen-bond acceptors (Lipinski definition) is 4. The maximum atomic E-state index is 11.7. The zero-order valence-electron chi connectivity index (χ0n) is 20.4. The minimum Gasteiger partial charge on any atom is -0.489 e. The predicted octanol–water partition coefficient (Wildman–Crippen LogP) is 5.11. The van der Waals surface area contributed by atoms with Crippen LogP contribution < -0.4 is 4.74 Å². The van der Waals surface area contributed by atoms with Crippen LogP contribution in [0.1, 0.15) is 36.5 Å². The summed E-state index contributed by atoms with van der Waals surface area (Å²) in [6.07, 6.45) is 3.45. The molecule has 0 bridgehead atoms. The molecule has 0 saturated carbocycles. The molecule has 2 aromatic carbocycles. The molecule has 1 aliphatic rings. The molecule has 34 heavy (non-hydrogen) atoms. The molecule has 0 heterocycles. The van der Waals surface area contributed by atoms with Gasteiger partial charge < -0.3 is 19.1 Å². The van der Waals surface area contributed by atoms with E-state index in [1.165, 1.54) is 11.1 Å². The first kappa shape index (κ1) is 26.8. The van der Waals surface area contributed by atoms with Gasteiger partial charge in [-0.25, -0.2) is 0 Å². The Balaban J connectivity index is 1.47. The third-order valence-corrected chi connectivity index (χ3v) is 7.07. The summed E-state index contributed by atoms with van der Waals surface area (Å²) >= 11 is 12.6. The molecule has 3 rings (SSSR count). The third-order valence-electron chi connectivity index (χ3n) is 6.42. The van der Waals surface area contributed by atoms with Crippen molar-refractivity contribution in [1.82, 2.24) is 0 Å². The van der Waals surface area contributed by atoms with Gasteiger partial charge in [0, 0.05) is 17.9 Å². The summed E-state index contributed by atoms with van der Waals surface area (Å²) in [6, 6.07) is 12.1. The number of aryl methyl sites for hydroxylation is 1. The van der Waals surface area contributed by atoms with Crippen LogP contribution in [0.15, 0.2) is 36.4 Å². The molecule has 0 unspecified atom stereocenters. The number of quaternary nitrogens is 1. The summed E-state index contributed by atoms with van der Waals surface area (Å²) in [5.74, 6) is 0.856. The lowest BCUT2D eigenvalue weighted by molar-refractivity contribution is -0.894. The predicted molar refractivity (Wildman–Crippen MR) is 137 cm³/mol. The molecule has 1 atom stereocenters. The third kappa shape index (κ3) is 7.88. The lowest BCUT2D eigenvalue weighted by Crippen LogP contribution is -2.48. The van der Waals surface area contributed by atoms with Crippen molar-refractivity contribution < 1.29 is 23.9 Å². The van der Waals surface area contributed by atoms with E-state index < -0.39 is 6.10 Å². The van der Waals surface area contributed by atoms with Gasteiger partial charge in [-0.05, 0) is 60.9 Å². The van der Waals surface area contributed by atoms with Crippen LogP contribution in [-0.2, 0) is 28.8 Å². The molecule has 7 heteroatoms. The maximum Gasteiger partial charge on any atom is 0.306 e. The molecule has 0 aliphatic heterocycles. The summed E-state index contributed by atoms with van der Waals surface area (Å²) in [4.78, 5) is 11.7. The molecule has 186 valence electrons. The number of aliphatic hydroxyl groups excluding tert-OH is 1. The first-order valence-electron chi connectivity index (χ1n) is 12.0. The van der Waals surface area contributed by atoms with E-state index in [-0.39, 0.29) is 19.0 Å². The standard InChI is InChI=1S/C27H36Cl2NO4/c1-4-33-27(32)10-9-22-15-26(25(29)16-24(22)28)34-18-23(31)17-30(2,3)12-11-19-13-20-7-5-6-8-21(20)14-19/h5-8,15-16,19,23,31H,4,9-14,17-18H2,1-3H3/q+1/t23-/m1/s1. The van der Waals surface area contributed by atoms with Crippen LogP contribution in [0.5, 0.6) is 5.75 Å². The van der Waals surface area contributed by atoms with Gasteiger partial charge in [0.15, 0.2) is 0 Å². The lowest BCUT2D eigenvalue weighted by atomic mass is 10.0. The summed E-state index contributed by atoms with van der Waals surface area (Å²) in [7, 11) is 4.29. The number of esters is 1. The SMILES string of the molecule is CCOC(=O)CCc1cc(OC[C@H](O)C[N+](C)(C)CCC2Cc3ccccc3C2)c(Cl)cc1Cl. The molecule has 0 aromatic heterocycles. The van der Waals surface area contributed by atoms with Crippen LogP contribution >= 0.6 is 23.2 Å². The van der Waals surface area contributed by atoms with E-state index in [0.29, 0.717) is 41.3 Å². The molecule has 1 aliphatic carbocycles. The van der Waals surface area contributed by atoms with Crippen molar-refractivity contribution in [1.29, 1.82) is 0 Å². The highest BCUT2D eigenvalue weighted by Gasteiger charge is 2.26. The molecule has 0 spiro atoms. The molecule has 1 N–H and O–H groups in total. The van der Waals surface area contributed by atoms with Crippen molar-refractivity contribution in [3.05, 3.63) is 63.1 Å². The monoisotopic (exact) mass is 508 g/mol. The van der Waals surface area contributed by atoms with Gasteiger partial charge in [0.2, 0.25) is 0 Å². The molecule has 0 amide bonds. The quantitative estimate of drug-likeness (QED) is 0.319. The van der Waals surface area contributed by atoms with Crippen molar-refractivity contribution in [2.45, 2.75) is 45.1 Å². The Bertz CT molecular complexity index is 954. The Hall–Kier alpha value is -1.79. The van der Waals surface area contributed by atoms with Gasteiger partial charge in [-0.1, -0.05) is 47.5 Å². The largest absolute Gasteiger partial charge is 0.489 e. The number of rotatable bonds is 12. The van der Waals surface area contributed by atoms with Gasteiger partial charge in [-0.3, -0.25) is 4.79 Å². The van der Waals surface area contributed by atoms with Gasteiger partial charge in [-0.15, -0.1) is 0 Å². The second kappa shape index (κ2) is 12.3. The normalized spacial score (nSPS) is 14.6. The number of hydrogen-bond donors (Lipinski definition) is 1. The summed E-state index contributed by atoms with van der Waals surface area (Å²) in [5, 5.41) is 11.5. The zero-order chi connectivity index (χ0) is 24.7. The number of aliphatic hydroxyl groups is 1. The van der Waals surface area contributed by atoms with Gasteiger partial charge in [0.25, 0.3) is 0 Å². The molecule has 2 aromatic rings. The summed E-state index contributed by atoms with van der Waals surface area (Å²) in [5.41, 5.74) is 3.72. The van der Waals surface area contributed by atoms with E-state index in [1.54, 1.807) is 19.1 Å². The average molecular weight is 509 g/mol. The van der Waals surface area contributed by atoms with Crippen molar-refractivity contribution in [3.63, 3.8) is 0 Å². The first-order valence-corrected chi connectivity index (χ1v) is 12.8. The Morgan fingerprint density at radius 1 is 1.15 bits per heavy atom. The number of carbonyl (C=O) groups is 1. The topological polar surface area (TPSA) is 55.8 Å². The minimum atomic E-state index is -0.634. The van der Waals surface area contributed by atoms with Crippen molar-refractivity contribution in [2.75, 3.05) is 40.4 Å². The molecule has 0 radical (unpaired) electrons. The molecule has 5 nitrogen and oxygen atoms in total. The van der Waals surface area contributed by atoms with Crippen molar-refractivity contribution in [2.24, 2.45) is 5.92 Å². The van der Waals surface area contributed by atoms with Crippen molar-refractivity contribution in [3.8, 4) is 5.75 Å². The smallest absolute Gasteiger partial charge is 0.306 e. The fourth-order valence-corrected chi connectivity index (χ4v) is 5.16. The maximum absolute atomic E-state index is 11.7. The van der Waals surface area contributed by atoms with E-state index in [1.807, 2.05) is 0 Å². The number of halogens is 2. The Morgan fingerprint density at radius 3 is 2.47 bits per heavy atom. The van der Waals surface area contributed by atoms with Crippen LogP contribution in [0.25, 0.3) is 0 Å². The highest BCUT2D eigenvalue weighted by molar-refractivity contribution is 6.36. The van der Waals surface area contributed by atoms with E-state index in [9.17, 15) is 9.90 Å². The van der Waals surface area contributed by atoms with Gasteiger partial charge in [-0.2, -0.15) is 0 Å². The number of ether oxygens (including phenoxy) is 2. The molecule has 0 saturated heterocycles. The summed E-state index contributed by atoms with van der Waals surface area (Å²) < 4.78 is 11.5. The second-order valence-corrected chi connectivity index (χ2v) is 10.6. The Labute approximate surface area is 213 Å². The second-order valence-electron chi connectivity index (χ2n) is 9.82. The van der Waals surface area contributed by atoms with Gasteiger partial charge in [0.1, 0.15) is 25.0 Å². The van der Waals surface area contributed by atoms with E-state index in [2.05, 4.69) is 38.4 Å². The number of fused-ring (bicyclic) bond motifs is 1. The number of carbonyl (C=O) groups excluding carboxylic acids is 1. The molecular formula is C27H36Cl2NO4+. The van der Waals surface area contributed by atoms with Crippen molar-refractivity contribution >= 4 is 29.2 Å². The van der Waals surface area contributed by atoms with E-state index >= 15 is 0 Å². The average Bonchev–Trinajstić information content (AvgIpc) is 3.20. The Kier molecular flexibility index (Phi) is 9.66. The molecule has 0 fully saturated rings. The van der Waals surface area contributed by atoms with Crippen LogP contribution in [0.4, 0.5) is 0 Å². The van der Waals surface area contributed by atoms with Gasteiger partial charge in [0.05, 0.1) is 32.3 Å². The van der Waals surface area contributed by atoms with Crippen LogP contribution in [0.2, 0.25) is 10.0 Å². The Morgan fingerprint density at radius 2 is 1.82 bits per heavy atom. The fourth-order valence-electron chi connectivity index (χ4n) is 4.63. The number of benzene rings is 2. The first-order chi connectivity index (χ1) is 16.2. The van der Waals surface area contributed by atoms with E-state index in [0.717, 1.165) is 35.9 Å². The number of nitrogens with zero attached hydrogens (tertiary/aromatic N) is 1. The van der Waals surface area contributed by atoms with Crippen LogP contribution in [0, 0.1) is 5.92 Å². The summed E-state index contributed by atoms with van der Waals surface area (Å²) in [6.45, 7) is 3.84. The highest BCUT2D eigenvalue weighted by Crippen LogP contribution is 2.32.